The van der Waals surface area contributed by atoms with Gasteiger partial charge >= 0.3 is 16.4 Å². The third-order valence-corrected chi connectivity index (χ3v) is 11.6. The molecule has 6 atom stereocenters. The highest BCUT2D eigenvalue weighted by atomic mass is 32.3. The lowest BCUT2D eigenvalue weighted by Crippen LogP contribution is -2.60. The Morgan fingerprint density at radius 1 is 0.627 bits per heavy atom. The van der Waals surface area contributed by atoms with E-state index < -0.39 is 59.8 Å². The number of rotatable bonds is 42. The molecule has 350 valence electrons. The van der Waals surface area contributed by atoms with Crippen molar-refractivity contribution < 1.29 is 56.2 Å². The van der Waals surface area contributed by atoms with Crippen LogP contribution in [0.2, 0.25) is 0 Å². The molecule has 1 heterocycles. The Balaban J connectivity index is 2.38. The molecule has 1 aliphatic heterocycles. The van der Waals surface area contributed by atoms with Crippen LogP contribution in [0.15, 0.2) is 12.2 Å². The van der Waals surface area contributed by atoms with Gasteiger partial charge in [0.1, 0.15) is 30.5 Å². The molecule has 0 saturated carbocycles. The highest BCUT2D eigenvalue weighted by Crippen LogP contribution is 2.26. The molecule has 13 heteroatoms. The maximum atomic E-state index is 12.9. The van der Waals surface area contributed by atoms with E-state index in [-0.39, 0.29) is 19.6 Å². The van der Waals surface area contributed by atoms with Gasteiger partial charge in [0, 0.05) is 13.0 Å². The molecule has 0 aromatic carbocycles. The molecule has 0 spiro atoms. The van der Waals surface area contributed by atoms with Crippen LogP contribution in [0, 0.1) is 0 Å². The van der Waals surface area contributed by atoms with E-state index in [0.717, 1.165) is 38.5 Å². The van der Waals surface area contributed by atoms with Gasteiger partial charge in [-0.05, 0) is 38.5 Å². The molecule has 1 aliphatic rings. The first-order chi connectivity index (χ1) is 28.6. The molecule has 6 unspecified atom stereocenters. The number of ether oxygens (including phenoxy) is 4. The van der Waals surface area contributed by atoms with Gasteiger partial charge in [0.15, 0.2) is 6.29 Å². The second-order valence-corrected chi connectivity index (χ2v) is 17.8. The smallest absolute Gasteiger partial charge is 0.397 e. The molecule has 0 aliphatic carbocycles. The topological polar surface area (TPSA) is 178 Å². The molecule has 12 nitrogen and oxygen atoms in total. The zero-order chi connectivity index (χ0) is 43.2. The third-order valence-electron chi connectivity index (χ3n) is 11.1. The highest BCUT2D eigenvalue weighted by molar-refractivity contribution is 7.80. The van der Waals surface area contributed by atoms with E-state index in [1.165, 1.54) is 148 Å². The number of unbranched alkanes of at least 4 members (excludes halogenated alkanes) is 27. The van der Waals surface area contributed by atoms with E-state index in [1.54, 1.807) is 0 Å². The van der Waals surface area contributed by atoms with Gasteiger partial charge in [0.05, 0.1) is 19.8 Å². The van der Waals surface area contributed by atoms with Gasteiger partial charge in [-0.1, -0.05) is 180 Å². The van der Waals surface area contributed by atoms with Gasteiger partial charge in [0.2, 0.25) is 0 Å². The molecule has 0 aromatic heterocycles. The van der Waals surface area contributed by atoms with Crippen LogP contribution in [0.4, 0.5) is 0 Å². The Bertz CT molecular complexity index is 1090. The SMILES string of the molecule is CCCCCCCC/C=C\CCCCCCCCCCCC(=O)OC(COCCCCCCCCCCCCCCC)COC1OC(CO)C(O)C(OS(=O)(=O)O)C1O. The molecule has 1 saturated heterocycles. The van der Waals surface area contributed by atoms with Crippen molar-refractivity contribution in [3.05, 3.63) is 12.2 Å². The van der Waals surface area contributed by atoms with Crippen molar-refractivity contribution in [2.45, 2.75) is 250 Å². The van der Waals surface area contributed by atoms with Crippen LogP contribution >= 0.6 is 0 Å². The van der Waals surface area contributed by atoms with Crippen LogP contribution in [-0.4, -0.2) is 97.5 Å². The fourth-order valence-electron chi connectivity index (χ4n) is 7.49. The quantitative estimate of drug-likeness (QED) is 0.0198. The summed E-state index contributed by atoms with van der Waals surface area (Å²) in [5.74, 6) is -0.398. The third kappa shape index (κ3) is 32.2. The van der Waals surface area contributed by atoms with E-state index in [1.807, 2.05) is 0 Å². The first kappa shape index (κ1) is 55.9. The molecule has 59 heavy (non-hydrogen) atoms. The maximum Gasteiger partial charge on any atom is 0.397 e. The fourth-order valence-corrected chi connectivity index (χ4v) is 8.00. The van der Waals surface area contributed by atoms with Crippen molar-refractivity contribution in [1.29, 1.82) is 0 Å². The summed E-state index contributed by atoms with van der Waals surface area (Å²) in [4.78, 5) is 12.9. The average molecular weight is 865 g/mol. The van der Waals surface area contributed by atoms with Crippen LogP contribution in [0.3, 0.4) is 0 Å². The first-order valence-corrected chi connectivity index (χ1v) is 25.3. The molecule has 1 rings (SSSR count). The van der Waals surface area contributed by atoms with Crippen LogP contribution in [-0.2, 0) is 38.3 Å². The number of esters is 1. The van der Waals surface area contributed by atoms with Crippen molar-refractivity contribution in [2.24, 2.45) is 0 Å². The van der Waals surface area contributed by atoms with Crippen molar-refractivity contribution in [2.75, 3.05) is 26.4 Å². The second kappa shape index (κ2) is 38.5. The van der Waals surface area contributed by atoms with Crippen molar-refractivity contribution >= 4 is 16.4 Å². The maximum absolute atomic E-state index is 12.9. The molecule has 0 bridgehead atoms. The monoisotopic (exact) mass is 865 g/mol. The van der Waals surface area contributed by atoms with Gasteiger partial charge in [0.25, 0.3) is 0 Å². The summed E-state index contributed by atoms with van der Waals surface area (Å²) in [5.41, 5.74) is 0. The normalized spacial score (nSPS) is 20.4. The van der Waals surface area contributed by atoms with Crippen LogP contribution in [0.1, 0.15) is 213 Å². The minimum absolute atomic E-state index is 0.0410. The molecule has 0 aromatic rings. The van der Waals surface area contributed by atoms with Gasteiger partial charge in [-0.15, -0.1) is 0 Å². The Labute approximate surface area is 359 Å². The minimum Gasteiger partial charge on any atom is -0.457 e. The lowest BCUT2D eigenvalue weighted by molar-refractivity contribution is -0.301. The lowest BCUT2D eigenvalue weighted by atomic mass is 9.99. The number of hydrogen-bond donors (Lipinski definition) is 4. The molecular weight excluding hydrogens is 777 g/mol. The number of carbonyl (C=O) groups is 1. The van der Waals surface area contributed by atoms with Crippen molar-refractivity contribution in [1.82, 2.24) is 0 Å². The van der Waals surface area contributed by atoms with Gasteiger partial charge in [-0.3, -0.25) is 9.35 Å². The Kier molecular flexibility index (Phi) is 36.5. The second-order valence-electron chi connectivity index (χ2n) is 16.7. The highest BCUT2D eigenvalue weighted by Gasteiger charge is 2.48. The summed E-state index contributed by atoms with van der Waals surface area (Å²) in [7, 11) is -5.06. The predicted molar refractivity (Wildman–Crippen MR) is 234 cm³/mol. The predicted octanol–water partition coefficient (Wildman–Crippen LogP) is 10.2. The van der Waals surface area contributed by atoms with E-state index in [9.17, 15) is 28.5 Å². The summed E-state index contributed by atoms with van der Waals surface area (Å²) in [6.07, 6.45) is 32.4. The van der Waals surface area contributed by atoms with Crippen molar-refractivity contribution in [3.8, 4) is 0 Å². The summed E-state index contributed by atoms with van der Waals surface area (Å²) in [6, 6.07) is 0. The molecule has 0 amide bonds. The van der Waals surface area contributed by atoms with Gasteiger partial charge in [-0.2, -0.15) is 8.42 Å². The minimum atomic E-state index is -5.06. The summed E-state index contributed by atoms with van der Waals surface area (Å²) in [5, 5.41) is 30.7. The van der Waals surface area contributed by atoms with E-state index in [0.29, 0.717) is 13.0 Å². The fraction of sp³-hybridized carbons (Fsp3) is 0.935. The van der Waals surface area contributed by atoms with Crippen LogP contribution < -0.4 is 0 Å². The molecule has 0 radical (unpaired) electrons. The van der Waals surface area contributed by atoms with Crippen LogP contribution in [0.25, 0.3) is 0 Å². The summed E-state index contributed by atoms with van der Waals surface area (Å²) in [6.45, 7) is 4.01. The van der Waals surface area contributed by atoms with E-state index in [2.05, 4.69) is 30.2 Å². The zero-order valence-electron chi connectivity index (χ0n) is 37.3. The van der Waals surface area contributed by atoms with E-state index >= 15 is 0 Å². The Morgan fingerprint density at radius 2 is 1.07 bits per heavy atom. The summed E-state index contributed by atoms with van der Waals surface area (Å²) < 4.78 is 59.1. The number of aliphatic hydroxyl groups excluding tert-OH is 3. The Hall–Kier alpha value is -1.16. The summed E-state index contributed by atoms with van der Waals surface area (Å²) >= 11 is 0. The standard InChI is InChI=1S/C46H88O12S/c1-3-5-7-9-11-13-15-17-18-19-20-21-22-23-25-27-29-31-33-35-42(48)56-40(38-54-36-34-32-30-28-26-24-16-14-12-10-8-6-4-2)39-55-46-44(50)45(58-59(51,52)53)43(49)41(37-47)57-46/h17-18,40-41,43-47,49-50H,3-16,19-39H2,1-2H3,(H,51,52,53)/b18-17-. The number of allylic oxidation sites excluding steroid dienone is 2. The molecule has 4 N–H and O–H groups in total. The zero-order valence-corrected chi connectivity index (χ0v) is 38.1. The number of aliphatic hydroxyl groups is 3. The Morgan fingerprint density at radius 3 is 1.53 bits per heavy atom. The van der Waals surface area contributed by atoms with Crippen LogP contribution in [0.5, 0.6) is 0 Å². The van der Waals surface area contributed by atoms with Gasteiger partial charge in [-0.25, -0.2) is 4.18 Å². The van der Waals surface area contributed by atoms with Gasteiger partial charge < -0.3 is 34.3 Å². The van der Waals surface area contributed by atoms with Crippen molar-refractivity contribution in [3.63, 3.8) is 0 Å². The average Bonchev–Trinajstić information content (AvgIpc) is 3.20. The number of hydrogen-bond acceptors (Lipinski definition) is 11. The lowest BCUT2D eigenvalue weighted by Gasteiger charge is -2.41. The largest absolute Gasteiger partial charge is 0.457 e. The molecule has 1 fully saturated rings. The first-order valence-electron chi connectivity index (χ1n) is 23.9. The molecular formula is C46H88O12S. The van der Waals surface area contributed by atoms with E-state index in [4.69, 9.17) is 23.5 Å². The number of carbonyl (C=O) groups excluding carboxylic acids is 1.